The van der Waals surface area contributed by atoms with Crippen LogP contribution in [-0.4, -0.2) is 34.2 Å². The van der Waals surface area contributed by atoms with Crippen LogP contribution < -0.4 is 4.90 Å². The number of benzene rings is 1. The molecule has 0 saturated carbocycles. The highest BCUT2D eigenvalue weighted by Crippen LogP contribution is 2.38. The van der Waals surface area contributed by atoms with Crippen LogP contribution in [0.2, 0.25) is 0 Å². The van der Waals surface area contributed by atoms with E-state index in [4.69, 9.17) is 0 Å². The fraction of sp³-hybridized carbons (Fsp3) is 0.462. The van der Waals surface area contributed by atoms with Crippen molar-refractivity contribution in [2.75, 3.05) is 18.0 Å². The number of anilines is 1. The first kappa shape index (κ1) is 13.3. The van der Waals surface area contributed by atoms with E-state index in [0.717, 1.165) is 4.70 Å². The van der Waals surface area contributed by atoms with E-state index in [1.165, 1.54) is 11.3 Å². The normalized spacial score (nSPS) is 23.2. The average Bonchev–Trinajstić information content (AvgIpc) is 2.88. The third kappa shape index (κ3) is 2.12. The van der Waals surface area contributed by atoms with Gasteiger partial charge >= 0.3 is 5.69 Å². The molecule has 2 aromatic rings. The summed E-state index contributed by atoms with van der Waals surface area (Å²) < 4.78 is 0.825. The summed E-state index contributed by atoms with van der Waals surface area (Å²) in [5.41, 5.74) is 2.76. The Balaban J connectivity index is 2.07. The molecule has 1 aliphatic heterocycles. The Kier molecular flexibility index (Phi) is 3.31. The van der Waals surface area contributed by atoms with Crippen molar-refractivity contribution in [1.29, 1.82) is 0 Å². The van der Waals surface area contributed by atoms with Crippen molar-refractivity contribution in [3.8, 4) is 0 Å². The van der Waals surface area contributed by atoms with Gasteiger partial charge in [-0.1, -0.05) is 6.92 Å². The van der Waals surface area contributed by atoms with Crippen molar-refractivity contribution < 1.29 is 10.0 Å². The van der Waals surface area contributed by atoms with Crippen LogP contribution in [0.1, 0.15) is 13.3 Å². The van der Waals surface area contributed by atoms with Gasteiger partial charge in [0.05, 0.1) is 21.2 Å². The third-order valence-corrected chi connectivity index (χ3v) is 4.63. The highest BCUT2D eigenvalue weighted by molar-refractivity contribution is 7.16. The Hall–Kier alpha value is -1.73. The lowest BCUT2D eigenvalue weighted by atomic mass is 9.96. The van der Waals surface area contributed by atoms with Gasteiger partial charge in [0.15, 0.2) is 5.52 Å². The lowest BCUT2D eigenvalue weighted by molar-refractivity contribution is -0.382. The van der Waals surface area contributed by atoms with E-state index in [2.05, 4.69) is 4.98 Å². The van der Waals surface area contributed by atoms with Gasteiger partial charge in [0.25, 0.3) is 0 Å². The summed E-state index contributed by atoms with van der Waals surface area (Å²) in [4.78, 5) is 17.2. The predicted octanol–water partition coefficient (Wildman–Crippen LogP) is 2.41. The summed E-state index contributed by atoms with van der Waals surface area (Å²) in [5, 5.41) is 21.2. The van der Waals surface area contributed by atoms with Crippen LogP contribution in [0.5, 0.6) is 0 Å². The summed E-state index contributed by atoms with van der Waals surface area (Å²) in [7, 11) is 0. The van der Waals surface area contributed by atoms with E-state index in [1.54, 1.807) is 11.6 Å². The van der Waals surface area contributed by atoms with E-state index in [1.807, 2.05) is 17.9 Å². The van der Waals surface area contributed by atoms with Gasteiger partial charge in [-0.15, -0.1) is 11.3 Å². The molecule has 20 heavy (non-hydrogen) atoms. The SMILES string of the molecule is CC1CN(c2ccc3scnc3c2[N+](=O)[O-])CCC1O. The van der Waals surface area contributed by atoms with Gasteiger partial charge in [-0.05, 0) is 24.5 Å². The first-order valence-electron chi connectivity index (χ1n) is 6.51. The summed E-state index contributed by atoms with van der Waals surface area (Å²) in [6.45, 7) is 3.21. The zero-order valence-electron chi connectivity index (χ0n) is 11.0. The third-order valence-electron chi connectivity index (χ3n) is 3.84. The molecule has 1 aromatic carbocycles. The van der Waals surface area contributed by atoms with Gasteiger partial charge < -0.3 is 10.0 Å². The van der Waals surface area contributed by atoms with Crippen molar-refractivity contribution in [2.24, 2.45) is 5.92 Å². The molecule has 2 heterocycles. The molecule has 0 amide bonds. The second-order valence-corrected chi connectivity index (χ2v) is 6.06. The maximum Gasteiger partial charge on any atom is 0.319 e. The van der Waals surface area contributed by atoms with E-state index < -0.39 is 0 Å². The zero-order valence-corrected chi connectivity index (χ0v) is 11.8. The minimum atomic E-state index is -0.354. The molecule has 6 nitrogen and oxygen atoms in total. The van der Waals surface area contributed by atoms with E-state index in [0.29, 0.717) is 30.7 Å². The molecular weight excluding hydrogens is 278 g/mol. The fourth-order valence-electron chi connectivity index (χ4n) is 2.69. The van der Waals surface area contributed by atoms with E-state index in [-0.39, 0.29) is 22.6 Å². The summed E-state index contributed by atoms with van der Waals surface area (Å²) in [5.74, 6) is 0.106. The number of nitrogens with zero attached hydrogens (tertiary/aromatic N) is 3. The van der Waals surface area contributed by atoms with Gasteiger partial charge in [0, 0.05) is 13.1 Å². The van der Waals surface area contributed by atoms with Crippen LogP contribution in [0, 0.1) is 16.0 Å². The number of thiazole rings is 1. The van der Waals surface area contributed by atoms with Crippen LogP contribution in [0.3, 0.4) is 0 Å². The molecule has 7 heteroatoms. The monoisotopic (exact) mass is 293 g/mol. The first-order chi connectivity index (χ1) is 9.58. The van der Waals surface area contributed by atoms with Crippen LogP contribution in [0.4, 0.5) is 11.4 Å². The molecule has 0 aliphatic carbocycles. The fourth-order valence-corrected chi connectivity index (χ4v) is 3.37. The van der Waals surface area contributed by atoms with Crippen molar-refractivity contribution in [3.05, 3.63) is 27.8 Å². The molecule has 106 valence electrons. The van der Waals surface area contributed by atoms with Crippen LogP contribution in [0.25, 0.3) is 10.2 Å². The first-order valence-corrected chi connectivity index (χ1v) is 7.39. The lowest BCUT2D eigenvalue weighted by Crippen LogP contribution is -2.42. The zero-order chi connectivity index (χ0) is 14.3. The molecular formula is C13H15N3O3S. The molecule has 0 spiro atoms. The van der Waals surface area contributed by atoms with Crippen LogP contribution in [0.15, 0.2) is 17.6 Å². The quantitative estimate of drug-likeness (QED) is 0.679. The number of fused-ring (bicyclic) bond motifs is 1. The lowest BCUT2D eigenvalue weighted by Gasteiger charge is -2.35. The minimum Gasteiger partial charge on any atom is -0.393 e. The van der Waals surface area contributed by atoms with Gasteiger partial charge in [0.2, 0.25) is 0 Å². The maximum atomic E-state index is 11.4. The summed E-state index contributed by atoms with van der Waals surface area (Å²) >= 11 is 1.40. The number of hydrogen-bond acceptors (Lipinski definition) is 6. The largest absolute Gasteiger partial charge is 0.393 e. The molecule has 1 aliphatic rings. The maximum absolute atomic E-state index is 11.4. The Morgan fingerprint density at radius 3 is 3.05 bits per heavy atom. The molecule has 0 radical (unpaired) electrons. The van der Waals surface area contributed by atoms with Crippen LogP contribution >= 0.6 is 11.3 Å². The van der Waals surface area contributed by atoms with E-state index >= 15 is 0 Å². The van der Waals surface area contributed by atoms with Crippen molar-refractivity contribution in [1.82, 2.24) is 4.98 Å². The smallest absolute Gasteiger partial charge is 0.319 e. The average molecular weight is 293 g/mol. The molecule has 2 atom stereocenters. The Morgan fingerprint density at radius 2 is 2.35 bits per heavy atom. The number of aliphatic hydroxyl groups excluding tert-OH is 1. The summed E-state index contributed by atoms with van der Waals surface area (Å²) in [6, 6.07) is 3.67. The number of nitro benzene ring substituents is 1. The highest BCUT2D eigenvalue weighted by atomic mass is 32.1. The second kappa shape index (κ2) is 4.99. The Morgan fingerprint density at radius 1 is 1.55 bits per heavy atom. The van der Waals surface area contributed by atoms with Gasteiger partial charge in [-0.2, -0.15) is 0 Å². The van der Waals surface area contributed by atoms with Gasteiger partial charge in [0.1, 0.15) is 5.69 Å². The number of rotatable bonds is 2. The van der Waals surface area contributed by atoms with Crippen molar-refractivity contribution in [3.63, 3.8) is 0 Å². The van der Waals surface area contributed by atoms with Gasteiger partial charge in [-0.25, -0.2) is 4.98 Å². The number of aromatic nitrogens is 1. The minimum absolute atomic E-state index is 0.0762. The summed E-state index contributed by atoms with van der Waals surface area (Å²) in [6.07, 6.45) is 0.307. The Labute approximate surface area is 119 Å². The Bertz CT molecular complexity index is 657. The molecule has 2 unspecified atom stereocenters. The molecule has 1 N–H and O–H groups in total. The molecule has 1 aromatic heterocycles. The highest BCUT2D eigenvalue weighted by Gasteiger charge is 2.30. The molecule has 1 fully saturated rings. The molecule has 0 bridgehead atoms. The molecule has 1 saturated heterocycles. The van der Waals surface area contributed by atoms with Gasteiger partial charge in [-0.3, -0.25) is 10.1 Å². The standard InChI is InChI=1S/C13H15N3O3S/c1-8-6-15(5-4-10(8)17)9-2-3-11-12(14-7-20-11)13(9)16(18)19/h2-3,7-8,10,17H,4-6H2,1H3. The number of nitro groups is 1. The van der Waals surface area contributed by atoms with Crippen molar-refractivity contribution >= 4 is 32.9 Å². The predicted molar refractivity (Wildman–Crippen MR) is 78.3 cm³/mol. The molecule has 3 rings (SSSR count). The number of piperidine rings is 1. The number of aliphatic hydroxyl groups is 1. The van der Waals surface area contributed by atoms with Crippen molar-refractivity contribution in [2.45, 2.75) is 19.4 Å². The van der Waals surface area contributed by atoms with Crippen LogP contribution in [-0.2, 0) is 0 Å². The topological polar surface area (TPSA) is 79.5 Å². The second-order valence-electron chi connectivity index (χ2n) is 5.17. The van der Waals surface area contributed by atoms with E-state index in [9.17, 15) is 15.2 Å². The number of hydrogen-bond donors (Lipinski definition) is 1.